The zero-order valence-corrected chi connectivity index (χ0v) is 16.7. The highest BCUT2D eigenvalue weighted by atomic mass is 19.2. The largest absolute Gasteiger partial charge is 0.491 e. The molecule has 0 N–H and O–H groups in total. The predicted molar refractivity (Wildman–Crippen MR) is 107 cm³/mol. The quantitative estimate of drug-likeness (QED) is 0.510. The maximum Gasteiger partial charge on any atom is 0.201 e. The van der Waals surface area contributed by atoms with Crippen molar-refractivity contribution in [3.05, 3.63) is 53.6 Å². The lowest BCUT2D eigenvalue weighted by Crippen LogP contribution is -2.25. The monoisotopic (exact) mass is 372 g/mol. The SMILES string of the molecule is CCOc1ccc(-c2ccc(C3CCC(CC)(CC)CC3)cc2)c(F)c1F. The molecule has 0 atom stereocenters. The van der Waals surface area contributed by atoms with Gasteiger partial charge in [-0.1, -0.05) is 51.0 Å². The van der Waals surface area contributed by atoms with Gasteiger partial charge in [0.15, 0.2) is 11.6 Å². The zero-order chi connectivity index (χ0) is 19.4. The Labute approximate surface area is 161 Å². The van der Waals surface area contributed by atoms with Crippen molar-refractivity contribution in [2.45, 2.75) is 65.2 Å². The van der Waals surface area contributed by atoms with E-state index in [4.69, 9.17) is 4.74 Å². The summed E-state index contributed by atoms with van der Waals surface area (Å²) in [5, 5.41) is 0. The average Bonchev–Trinajstić information content (AvgIpc) is 2.72. The minimum absolute atomic E-state index is 0.0343. The van der Waals surface area contributed by atoms with Crippen LogP contribution in [0.15, 0.2) is 36.4 Å². The van der Waals surface area contributed by atoms with Gasteiger partial charge in [0.05, 0.1) is 6.61 Å². The van der Waals surface area contributed by atoms with Gasteiger partial charge in [-0.2, -0.15) is 4.39 Å². The highest BCUT2D eigenvalue weighted by Gasteiger charge is 2.32. The van der Waals surface area contributed by atoms with Crippen molar-refractivity contribution in [3.63, 3.8) is 0 Å². The third-order valence-electron chi connectivity index (χ3n) is 6.59. The van der Waals surface area contributed by atoms with E-state index in [1.54, 1.807) is 13.0 Å². The van der Waals surface area contributed by atoms with Gasteiger partial charge in [-0.05, 0) is 67.2 Å². The van der Waals surface area contributed by atoms with E-state index in [2.05, 4.69) is 26.0 Å². The highest BCUT2D eigenvalue weighted by Crippen LogP contribution is 2.47. The summed E-state index contributed by atoms with van der Waals surface area (Å²) in [5.74, 6) is -1.22. The summed E-state index contributed by atoms with van der Waals surface area (Å²) < 4.78 is 33.7. The topological polar surface area (TPSA) is 9.23 Å². The number of ether oxygens (including phenoxy) is 1. The van der Waals surface area contributed by atoms with Gasteiger partial charge in [0.2, 0.25) is 5.82 Å². The molecule has 0 amide bonds. The highest BCUT2D eigenvalue weighted by molar-refractivity contribution is 5.65. The zero-order valence-electron chi connectivity index (χ0n) is 16.7. The van der Waals surface area contributed by atoms with Crippen LogP contribution in [-0.2, 0) is 0 Å². The van der Waals surface area contributed by atoms with E-state index in [0.29, 0.717) is 23.5 Å². The van der Waals surface area contributed by atoms with Crippen molar-refractivity contribution in [2.75, 3.05) is 6.61 Å². The molecule has 1 aliphatic rings. The third kappa shape index (κ3) is 4.02. The van der Waals surface area contributed by atoms with Crippen LogP contribution in [0.2, 0.25) is 0 Å². The Bertz CT molecular complexity index is 753. The maximum absolute atomic E-state index is 14.4. The predicted octanol–water partition coefficient (Wildman–Crippen LogP) is 7.49. The summed E-state index contributed by atoms with van der Waals surface area (Å²) in [7, 11) is 0. The number of hydrogen-bond acceptors (Lipinski definition) is 1. The van der Waals surface area contributed by atoms with E-state index < -0.39 is 11.6 Å². The molecule has 1 nitrogen and oxygen atoms in total. The molecule has 0 unspecified atom stereocenters. The van der Waals surface area contributed by atoms with Crippen molar-refractivity contribution in [1.29, 1.82) is 0 Å². The molecule has 1 aliphatic carbocycles. The van der Waals surface area contributed by atoms with Crippen LogP contribution < -0.4 is 4.74 Å². The van der Waals surface area contributed by atoms with Crippen molar-refractivity contribution >= 4 is 0 Å². The van der Waals surface area contributed by atoms with Gasteiger partial charge in [0, 0.05) is 5.56 Å². The molecule has 0 aliphatic heterocycles. The maximum atomic E-state index is 14.4. The molecule has 3 rings (SSSR count). The lowest BCUT2D eigenvalue weighted by Gasteiger charge is -2.39. The first kappa shape index (κ1) is 19.9. The Morgan fingerprint density at radius 2 is 1.52 bits per heavy atom. The lowest BCUT2D eigenvalue weighted by atomic mass is 9.66. The van der Waals surface area contributed by atoms with Crippen LogP contribution in [0.5, 0.6) is 5.75 Å². The standard InChI is InChI=1S/C24H30F2O/c1-4-24(5-2)15-13-18(14-16-24)17-7-9-19(10-8-17)20-11-12-21(27-6-3)23(26)22(20)25/h7-12,18H,4-6,13-16H2,1-3H3. The van der Waals surface area contributed by atoms with Crippen LogP contribution in [0.4, 0.5) is 8.78 Å². The Hall–Kier alpha value is -1.90. The second-order valence-electron chi connectivity index (χ2n) is 7.78. The van der Waals surface area contributed by atoms with Gasteiger partial charge in [-0.15, -0.1) is 0 Å². The Balaban J connectivity index is 1.76. The lowest BCUT2D eigenvalue weighted by molar-refractivity contribution is 0.159. The molecule has 0 heterocycles. The van der Waals surface area contributed by atoms with E-state index in [-0.39, 0.29) is 11.3 Å². The first-order chi connectivity index (χ1) is 13.0. The van der Waals surface area contributed by atoms with Gasteiger partial charge >= 0.3 is 0 Å². The van der Waals surface area contributed by atoms with Gasteiger partial charge < -0.3 is 4.74 Å². The molecule has 3 heteroatoms. The van der Waals surface area contributed by atoms with Gasteiger partial charge in [-0.25, -0.2) is 4.39 Å². The minimum atomic E-state index is -0.916. The van der Waals surface area contributed by atoms with E-state index in [1.807, 2.05) is 12.1 Å². The smallest absolute Gasteiger partial charge is 0.201 e. The number of rotatable bonds is 6. The summed E-state index contributed by atoms with van der Waals surface area (Å²) >= 11 is 0. The van der Waals surface area contributed by atoms with Crippen LogP contribution in [0.1, 0.15) is 70.8 Å². The fourth-order valence-electron chi connectivity index (χ4n) is 4.48. The van der Waals surface area contributed by atoms with Crippen molar-refractivity contribution in [3.8, 4) is 16.9 Å². The van der Waals surface area contributed by atoms with Crippen LogP contribution in [0.3, 0.4) is 0 Å². The van der Waals surface area contributed by atoms with Gasteiger partial charge in [-0.3, -0.25) is 0 Å². The molecule has 0 spiro atoms. The molecular formula is C24H30F2O. The average molecular weight is 372 g/mol. The van der Waals surface area contributed by atoms with E-state index in [9.17, 15) is 8.78 Å². The molecule has 2 aromatic rings. The summed E-state index contributed by atoms with van der Waals surface area (Å²) in [6.07, 6.45) is 7.52. The summed E-state index contributed by atoms with van der Waals surface area (Å²) in [6.45, 7) is 6.68. The molecule has 146 valence electrons. The second-order valence-corrected chi connectivity index (χ2v) is 7.78. The Morgan fingerprint density at radius 1 is 0.889 bits per heavy atom. The first-order valence-electron chi connectivity index (χ1n) is 10.2. The second kappa shape index (κ2) is 8.41. The fourth-order valence-corrected chi connectivity index (χ4v) is 4.48. The first-order valence-corrected chi connectivity index (χ1v) is 10.2. The molecule has 0 radical (unpaired) electrons. The number of halogens is 2. The van der Waals surface area contributed by atoms with E-state index >= 15 is 0 Å². The Morgan fingerprint density at radius 3 is 2.07 bits per heavy atom. The van der Waals surface area contributed by atoms with Crippen molar-refractivity contribution < 1.29 is 13.5 Å². The molecule has 27 heavy (non-hydrogen) atoms. The molecule has 0 bridgehead atoms. The molecule has 0 saturated heterocycles. The summed E-state index contributed by atoms with van der Waals surface area (Å²) in [5.41, 5.74) is 2.82. The van der Waals surface area contributed by atoms with E-state index in [0.717, 1.165) is 0 Å². The normalized spacial score (nSPS) is 17.1. The molecule has 0 aromatic heterocycles. The van der Waals surface area contributed by atoms with E-state index in [1.165, 1.54) is 50.2 Å². The Kier molecular flexibility index (Phi) is 6.18. The molecular weight excluding hydrogens is 342 g/mol. The molecule has 1 fully saturated rings. The molecule has 1 saturated carbocycles. The molecule has 2 aromatic carbocycles. The van der Waals surface area contributed by atoms with Gasteiger partial charge in [0.1, 0.15) is 0 Å². The third-order valence-corrected chi connectivity index (χ3v) is 6.59. The van der Waals surface area contributed by atoms with Crippen molar-refractivity contribution in [2.24, 2.45) is 5.41 Å². The summed E-state index contributed by atoms with van der Waals surface area (Å²) in [4.78, 5) is 0. The number of benzene rings is 2. The van der Waals surface area contributed by atoms with Crippen molar-refractivity contribution in [1.82, 2.24) is 0 Å². The van der Waals surface area contributed by atoms with Crippen LogP contribution in [0.25, 0.3) is 11.1 Å². The van der Waals surface area contributed by atoms with Crippen LogP contribution in [0, 0.1) is 17.0 Å². The fraction of sp³-hybridized carbons (Fsp3) is 0.500. The summed E-state index contributed by atoms with van der Waals surface area (Å²) in [6, 6.07) is 11.1. The van der Waals surface area contributed by atoms with Gasteiger partial charge in [0.25, 0.3) is 0 Å². The minimum Gasteiger partial charge on any atom is -0.491 e. The van der Waals surface area contributed by atoms with Crippen LogP contribution >= 0.6 is 0 Å². The van der Waals surface area contributed by atoms with Crippen LogP contribution in [-0.4, -0.2) is 6.61 Å². The number of hydrogen-bond donors (Lipinski definition) is 0.